The number of hydrogen-bond donors (Lipinski definition) is 1. The van der Waals surface area contributed by atoms with Gasteiger partial charge in [0, 0.05) is 25.8 Å². The molecule has 1 unspecified atom stereocenters. The molecular weight excluding hydrogens is 324 g/mol. The number of likely N-dealkylation sites (tertiary alicyclic amines) is 1. The lowest BCUT2D eigenvalue weighted by atomic mass is 10.1. The number of carbonyl (C=O) groups excluding carboxylic acids is 1. The number of nitrogens with zero attached hydrogens (tertiary/aromatic N) is 2. The zero-order valence-electron chi connectivity index (χ0n) is 14.1. The highest BCUT2D eigenvalue weighted by Gasteiger charge is 2.25. The van der Waals surface area contributed by atoms with Gasteiger partial charge >= 0.3 is 0 Å². The maximum atomic E-state index is 14.0. The maximum absolute atomic E-state index is 14.0. The Morgan fingerprint density at radius 2 is 2.16 bits per heavy atom. The van der Waals surface area contributed by atoms with E-state index in [4.69, 9.17) is 0 Å². The zero-order valence-corrected chi connectivity index (χ0v) is 14.1. The number of aryl methyl sites for hydroxylation is 1. The summed E-state index contributed by atoms with van der Waals surface area (Å²) < 4.78 is 27.8. The Bertz CT molecular complexity index is 752. The Kier molecular flexibility index (Phi) is 5.38. The van der Waals surface area contributed by atoms with Crippen molar-refractivity contribution in [3.05, 3.63) is 65.0 Å². The number of nitrogens with one attached hydrogen (secondary N) is 1. The smallest absolute Gasteiger partial charge is 0.257 e. The van der Waals surface area contributed by atoms with Gasteiger partial charge in [0.2, 0.25) is 0 Å². The predicted molar refractivity (Wildman–Crippen MR) is 91.0 cm³/mol. The number of hydrogen-bond acceptors (Lipinski definition) is 3. The molecule has 1 aliphatic heterocycles. The molecule has 1 saturated heterocycles. The molecule has 0 bridgehead atoms. The fourth-order valence-electron chi connectivity index (χ4n) is 3.13. The zero-order chi connectivity index (χ0) is 17.8. The highest BCUT2D eigenvalue weighted by molar-refractivity contribution is 5.95. The van der Waals surface area contributed by atoms with Crippen molar-refractivity contribution in [3.8, 4) is 0 Å². The van der Waals surface area contributed by atoms with Gasteiger partial charge in [0.15, 0.2) is 0 Å². The number of amides is 1. The highest BCUT2D eigenvalue weighted by Crippen LogP contribution is 2.19. The minimum Gasteiger partial charge on any atom is -0.352 e. The van der Waals surface area contributed by atoms with Crippen LogP contribution in [-0.4, -0.2) is 35.4 Å². The van der Waals surface area contributed by atoms with Crippen molar-refractivity contribution in [2.75, 3.05) is 19.6 Å². The van der Waals surface area contributed by atoms with Gasteiger partial charge in [-0.15, -0.1) is 0 Å². The molecule has 132 valence electrons. The molecule has 2 heterocycles. The van der Waals surface area contributed by atoms with E-state index in [2.05, 4.69) is 15.2 Å². The predicted octanol–water partition coefficient (Wildman–Crippen LogP) is 2.92. The molecule has 1 amide bonds. The van der Waals surface area contributed by atoms with Crippen molar-refractivity contribution in [2.24, 2.45) is 5.92 Å². The van der Waals surface area contributed by atoms with Crippen molar-refractivity contribution < 1.29 is 13.6 Å². The highest BCUT2D eigenvalue weighted by atomic mass is 19.1. The lowest BCUT2D eigenvalue weighted by molar-refractivity contribution is 0.0938. The molecule has 0 saturated carbocycles. The van der Waals surface area contributed by atoms with Gasteiger partial charge in [-0.3, -0.25) is 14.7 Å². The molecule has 0 radical (unpaired) electrons. The van der Waals surface area contributed by atoms with Gasteiger partial charge in [-0.2, -0.15) is 0 Å². The lowest BCUT2D eigenvalue weighted by Gasteiger charge is -2.16. The van der Waals surface area contributed by atoms with Gasteiger partial charge in [-0.1, -0.05) is 12.1 Å². The fraction of sp³-hybridized carbons (Fsp3) is 0.368. The first-order valence-electron chi connectivity index (χ1n) is 8.39. The third-order valence-corrected chi connectivity index (χ3v) is 4.54. The van der Waals surface area contributed by atoms with Crippen LogP contribution in [0.5, 0.6) is 0 Å². The van der Waals surface area contributed by atoms with Crippen LogP contribution >= 0.6 is 0 Å². The Morgan fingerprint density at radius 3 is 2.92 bits per heavy atom. The Labute approximate surface area is 145 Å². The summed E-state index contributed by atoms with van der Waals surface area (Å²) in [6, 6.07) is 8.28. The number of aromatic nitrogens is 1. The number of halogens is 2. The van der Waals surface area contributed by atoms with E-state index in [0.717, 1.165) is 37.8 Å². The van der Waals surface area contributed by atoms with E-state index in [1.165, 1.54) is 13.0 Å². The average molecular weight is 345 g/mol. The van der Waals surface area contributed by atoms with E-state index in [0.29, 0.717) is 6.54 Å². The maximum Gasteiger partial charge on any atom is 0.257 e. The van der Waals surface area contributed by atoms with Crippen LogP contribution in [0.1, 0.15) is 28.0 Å². The van der Waals surface area contributed by atoms with Crippen molar-refractivity contribution in [2.45, 2.75) is 19.9 Å². The van der Waals surface area contributed by atoms with Gasteiger partial charge in [0.25, 0.3) is 5.91 Å². The summed E-state index contributed by atoms with van der Waals surface area (Å²) in [5.74, 6) is -2.05. The van der Waals surface area contributed by atoms with Crippen molar-refractivity contribution in [1.82, 2.24) is 15.2 Å². The van der Waals surface area contributed by atoms with Gasteiger partial charge < -0.3 is 5.32 Å². The third-order valence-electron chi connectivity index (χ3n) is 4.54. The van der Waals surface area contributed by atoms with Crippen LogP contribution in [0.15, 0.2) is 36.5 Å². The summed E-state index contributed by atoms with van der Waals surface area (Å²) in [6.45, 7) is 4.44. The van der Waals surface area contributed by atoms with Crippen LogP contribution < -0.4 is 5.32 Å². The average Bonchev–Trinajstić information content (AvgIpc) is 3.05. The second kappa shape index (κ2) is 7.70. The topological polar surface area (TPSA) is 45.2 Å². The minimum absolute atomic E-state index is 0.258. The summed E-state index contributed by atoms with van der Waals surface area (Å²) in [5, 5.41) is 2.67. The molecule has 4 nitrogen and oxygen atoms in total. The minimum atomic E-state index is -0.830. The van der Waals surface area contributed by atoms with E-state index < -0.39 is 23.1 Å². The molecule has 6 heteroatoms. The molecule has 1 N–H and O–H groups in total. The molecule has 25 heavy (non-hydrogen) atoms. The summed E-state index contributed by atoms with van der Waals surface area (Å²) in [4.78, 5) is 18.7. The van der Waals surface area contributed by atoms with Crippen LogP contribution in [0, 0.1) is 24.5 Å². The normalized spacial score (nSPS) is 17.6. The molecule has 3 rings (SSSR count). The van der Waals surface area contributed by atoms with E-state index in [9.17, 15) is 13.6 Å². The summed E-state index contributed by atoms with van der Waals surface area (Å²) >= 11 is 0. The van der Waals surface area contributed by atoms with Crippen molar-refractivity contribution in [1.29, 1.82) is 0 Å². The lowest BCUT2D eigenvalue weighted by Crippen LogP contribution is -2.32. The largest absolute Gasteiger partial charge is 0.352 e. The monoisotopic (exact) mass is 345 g/mol. The van der Waals surface area contributed by atoms with E-state index >= 15 is 0 Å². The van der Waals surface area contributed by atoms with Crippen molar-refractivity contribution >= 4 is 5.91 Å². The summed E-state index contributed by atoms with van der Waals surface area (Å²) in [7, 11) is 0. The van der Waals surface area contributed by atoms with Crippen LogP contribution in [0.3, 0.4) is 0 Å². The first-order valence-corrected chi connectivity index (χ1v) is 8.39. The molecule has 0 aliphatic carbocycles. The number of pyridine rings is 1. The van der Waals surface area contributed by atoms with Crippen LogP contribution in [0.2, 0.25) is 0 Å². The molecule has 2 aromatic rings. The Balaban J connectivity index is 1.53. The van der Waals surface area contributed by atoms with Crippen LogP contribution in [-0.2, 0) is 6.54 Å². The molecule has 1 fully saturated rings. The first kappa shape index (κ1) is 17.5. The third kappa shape index (κ3) is 4.20. The molecule has 0 spiro atoms. The van der Waals surface area contributed by atoms with E-state index in [-0.39, 0.29) is 11.5 Å². The quantitative estimate of drug-likeness (QED) is 0.906. The van der Waals surface area contributed by atoms with E-state index in [1.54, 1.807) is 6.20 Å². The summed E-state index contributed by atoms with van der Waals surface area (Å²) in [5.41, 5.74) is 0.772. The molecular formula is C19H21F2N3O. The second-order valence-corrected chi connectivity index (χ2v) is 6.47. The van der Waals surface area contributed by atoms with Crippen molar-refractivity contribution in [3.63, 3.8) is 0 Å². The molecule has 1 aromatic heterocycles. The number of rotatable bonds is 5. The molecule has 1 aromatic carbocycles. The SMILES string of the molecule is Cc1ccc(F)c(C(=O)NCC2CCN(Cc3ccccn3)C2)c1F. The first-order chi connectivity index (χ1) is 12.0. The Hall–Kier alpha value is -2.34. The standard InChI is InChI=1S/C19H21F2N3O/c1-13-5-6-16(20)17(18(13)21)19(25)23-10-14-7-9-24(11-14)12-15-4-2-3-8-22-15/h2-6,8,14H,7,9-12H2,1H3,(H,23,25). The van der Waals surface area contributed by atoms with Gasteiger partial charge in [0.1, 0.15) is 17.2 Å². The number of carbonyl (C=O) groups is 1. The van der Waals surface area contributed by atoms with Gasteiger partial charge in [-0.05, 0) is 49.6 Å². The summed E-state index contributed by atoms with van der Waals surface area (Å²) in [6.07, 6.45) is 2.71. The number of benzene rings is 1. The van der Waals surface area contributed by atoms with Crippen LogP contribution in [0.25, 0.3) is 0 Å². The van der Waals surface area contributed by atoms with Gasteiger partial charge in [0.05, 0.1) is 5.69 Å². The fourth-order valence-corrected chi connectivity index (χ4v) is 3.13. The van der Waals surface area contributed by atoms with E-state index in [1.807, 2.05) is 18.2 Å². The molecule has 1 atom stereocenters. The van der Waals surface area contributed by atoms with Crippen LogP contribution in [0.4, 0.5) is 8.78 Å². The molecule has 1 aliphatic rings. The second-order valence-electron chi connectivity index (χ2n) is 6.47. The Morgan fingerprint density at radius 1 is 1.32 bits per heavy atom. The van der Waals surface area contributed by atoms with Gasteiger partial charge in [-0.25, -0.2) is 8.78 Å².